The second-order valence-corrected chi connectivity index (χ2v) is 6.42. The van der Waals surface area contributed by atoms with Crippen LogP contribution in [-0.2, 0) is 6.42 Å². The molecule has 0 saturated carbocycles. The molecule has 1 unspecified atom stereocenters. The highest BCUT2D eigenvalue weighted by Crippen LogP contribution is 2.38. The van der Waals surface area contributed by atoms with E-state index in [9.17, 15) is 4.79 Å². The zero-order valence-corrected chi connectivity index (χ0v) is 15.0. The summed E-state index contributed by atoms with van der Waals surface area (Å²) < 4.78 is 11.3. The Morgan fingerprint density at radius 1 is 1.22 bits per heavy atom. The average Bonchev–Trinajstić information content (AvgIpc) is 3.16. The predicted molar refractivity (Wildman–Crippen MR) is 103 cm³/mol. The molecule has 5 heteroatoms. The summed E-state index contributed by atoms with van der Waals surface area (Å²) in [6.45, 7) is 0.442. The zero-order valence-electron chi connectivity index (χ0n) is 15.0. The van der Waals surface area contributed by atoms with Crippen LogP contribution in [0.15, 0.2) is 67.0 Å². The minimum absolute atomic E-state index is 0.0904. The summed E-state index contributed by atoms with van der Waals surface area (Å²) in [7, 11) is 1.58. The molecule has 0 bridgehead atoms. The Morgan fingerprint density at radius 2 is 2.11 bits per heavy atom. The van der Waals surface area contributed by atoms with Crippen molar-refractivity contribution in [2.24, 2.45) is 0 Å². The molecule has 2 heterocycles. The third-order valence-electron chi connectivity index (χ3n) is 4.62. The molecule has 0 spiro atoms. The average molecular weight is 360 g/mol. The Balaban J connectivity index is 1.44. The number of nitrogens with one attached hydrogen (secondary N) is 1. The molecule has 4 rings (SSSR count). The predicted octanol–water partition coefficient (Wildman–Crippen LogP) is 3.49. The number of methoxy groups -OCH3 is 1. The summed E-state index contributed by atoms with van der Waals surface area (Å²) in [6.07, 6.45) is 4.26. The molecule has 1 aromatic heterocycles. The van der Waals surface area contributed by atoms with E-state index in [4.69, 9.17) is 9.47 Å². The summed E-state index contributed by atoms with van der Waals surface area (Å²) in [4.78, 5) is 16.6. The standard InChI is InChI=1S/C22H20N2O3/c1-26-18-8-2-6-16(12-18)22(25)24-14-19-11-15-5-3-9-20(21(15)27-19)17-7-4-10-23-13-17/h2-10,12-13,19H,11,14H2,1H3,(H,24,25). The third-order valence-corrected chi connectivity index (χ3v) is 4.62. The number of fused-ring (bicyclic) bond motifs is 1. The molecule has 2 aromatic carbocycles. The van der Waals surface area contributed by atoms with Crippen LogP contribution in [0.2, 0.25) is 0 Å². The quantitative estimate of drug-likeness (QED) is 0.757. The van der Waals surface area contributed by atoms with Crippen molar-refractivity contribution in [3.8, 4) is 22.6 Å². The maximum absolute atomic E-state index is 12.4. The van der Waals surface area contributed by atoms with Gasteiger partial charge < -0.3 is 14.8 Å². The number of carbonyl (C=O) groups excluding carboxylic acids is 1. The number of nitrogens with zero attached hydrogens (tertiary/aromatic N) is 1. The lowest BCUT2D eigenvalue weighted by atomic mass is 10.0. The summed E-state index contributed by atoms with van der Waals surface area (Å²) in [5.74, 6) is 1.40. The fraction of sp³-hybridized carbons (Fsp3) is 0.182. The number of amides is 1. The van der Waals surface area contributed by atoms with Gasteiger partial charge >= 0.3 is 0 Å². The lowest BCUT2D eigenvalue weighted by Crippen LogP contribution is -2.34. The summed E-state index contributed by atoms with van der Waals surface area (Å²) in [6, 6.07) is 17.2. The summed E-state index contributed by atoms with van der Waals surface area (Å²) in [5.41, 5.74) is 3.77. The fourth-order valence-electron chi connectivity index (χ4n) is 3.27. The molecule has 0 radical (unpaired) electrons. The zero-order chi connectivity index (χ0) is 18.6. The van der Waals surface area contributed by atoms with Crippen molar-refractivity contribution in [2.45, 2.75) is 12.5 Å². The van der Waals surface area contributed by atoms with E-state index in [1.54, 1.807) is 31.5 Å². The van der Waals surface area contributed by atoms with Crippen LogP contribution in [0.3, 0.4) is 0 Å². The van der Waals surface area contributed by atoms with Crippen LogP contribution in [-0.4, -0.2) is 30.6 Å². The number of aromatic nitrogens is 1. The minimum Gasteiger partial charge on any atom is -0.497 e. The van der Waals surface area contributed by atoms with Crippen LogP contribution < -0.4 is 14.8 Å². The molecule has 136 valence electrons. The molecule has 0 saturated heterocycles. The first-order valence-electron chi connectivity index (χ1n) is 8.86. The first kappa shape index (κ1) is 17.1. The van der Waals surface area contributed by atoms with E-state index in [0.29, 0.717) is 17.9 Å². The molecule has 5 nitrogen and oxygen atoms in total. The van der Waals surface area contributed by atoms with Gasteiger partial charge in [0.1, 0.15) is 17.6 Å². The topological polar surface area (TPSA) is 60.5 Å². The molecule has 1 aliphatic rings. The molecule has 1 aliphatic heterocycles. The van der Waals surface area contributed by atoms with Crippen molar-refractivity contribution >= 4 is 5.91 Å². The summed E-state index contributed by atoms with van der Waals surface area (Å²) >= 11 is 0. The molecule has 3 aromatic rings. The number of carbonyl (C=O) groups is 1. The van der Waals surface area contributed by atoms with Crippen LogP contribution in [0.4, 0.5) is 0 Å². The number of hydrogen-bond donors (Lipinski definition) is 1. The fourth-order valence-corrected chi connectivity index (χ4v) is 3.27. The molecular weight excluding hydrogens is 340 g/mol. The van der Waals surface area contributed by atoms with Crippen LogP contribution in [0.1, 0.15) is 15.9 Å². The van der Waals surface area contributed by atoms with Crippen molar-refractivity contribution < 1.29 is 14.3 Å². The Hall–Kier alpha value is -3.34. The largest absolute Gasteiger partial charge is 0.497 e. The van der Waals surface area contributed by atoms with Crippen molar-refractivity contribution in [1.29, 1.82) is 0 Å². The first-order valence-corrected chi connectivity index (χ1v) is 8.86. The SMILES string of the molecule is COc1cccc(C(=O)NCC2Cc3cccc(-c4cccnc4)c3O2)c1. The molecule has 0 fully saturated rings. The van der Waals surface area contributed by atoms with E-state index in [-0.39, 0.29) is 12.0 Å². The summed E-state index contributed by atoms with van der Waals surface area (Å²) in [5, 5.41) is 2.95. The van der Waals surface area contributed by atoms with Crippen LogP contribution in [0, 0.1) is 0 Å². The van der Waals surface area contributed by atoms with E-state index in [0.717, 1.165) is 28.9 Å². The molecule has 1 amide bonds. The highest BCUT2D eigenvalue weighted by Gasteiger charge is 2.26. The van der Waals surface area contributed by atoms with Crippen LogP contribution >= 0.6 is 0 Å². The molecule has 1 atom stereocenters. The van der Waals surface area contributed by atoms with E-state index in [1.165, 1.54) is 0 Å². The molecule has 27 heavy (non-hydrogen) atoms. The van der Waals surface area contributed by atoms with Gasteiger partial charge in [0.2, 0.25) is 0 Å². The monoisotopic (exact) mass is 360 g/mol. The van der Waals surface area contributed by atoms with Crippen LogP contribution in [0.25, 0.3) is 11.1 Å². The number of rotatable bonds is 5. The van der Waals surface area contributed by atoms with Gasteiger partial charge in [-0.25, -0.2) is 0 Å². The maximum Gasteiger partial charge on any atom is 0.251 e. The van der Waals surface area contributed by atoms with Crippen molar-refractivity contribution in [2.75, 3.05) is 13.7 Å². The van der Waals surface area contributed by atoms with E-state index < -0.39 is 0 Å². The second kappa shape index (κ2) is 7.50. The highest BCUT2D eigenvalue weighted by atomic mass is 16.5. The van der Waals surface area contributed by atoms with Crippen molar-refractivity contribution in [3.05, 3.63) is 78.1 Å². The van der Waals surface area contributed by atoms with Gasteiger partial charge in [0, 0.05) is 35.5 Å². The van der Waals surface area contributed by atoms with Gasteiger partial charge in [-0.15, -0.1) is 0 Å². The maximum atomic E-state index is 12.4. The van der Waals surface area contributed by atoms with Gasteiger partial charge in [-0.3, -0.25) is 9.78 Å². The Morgan fingerprint density at radius 3 is 2.93 bits per heavy atom. The van der Waals surface area contributed by atoms with Gasteiger partial charge in [-0.1, -0.05) is 30.3 Å². The number of pyridine rings is 1. The first-order chi connectivity index (χ1) is 13.2. The lowest BCUT2D eigenvalue weighted by Gasteiger charge is -2.14. The lowest BCUT2D eigenvalue weighted by molar-refractivity contribution is 0.0933. The normalized spacial score (nSPS) is 14.9. The van der Waals surface area contributed by atoms with Gasteiger partial charge in [0.25, 0.3) is 5.91 Å². The third kappa shape index (κ3) is 3.62. The number of hydrogen-bond acceptors (Lipinski definition) is 4. The van der Waals surface area contributed by atoms with E-state index in [1.807, 2.05) is 36.5 Å². The minimum atomic E-state index is -0.138. The van der Waals surface area contributed by atoms with Gasteiger partial charge in [0.15, 0.2) is 0 Å². The Kier molecular flexibility index (Phi) is 4.75. The van der Waals surface area contributed by atoms with Gasteiger partial charge in [-0.2, -0.15) is 0 Å². The second-order valence-electron chi connectivity index (χ2n) is 6.42. The molecule has 1 N–H and O–H groups in total. The smallest absolute Gasteiger partial charge is 0.251 e. The van der Waals surface area contributed by atoms with E-state index in [2.05, 4.69) is 16.4 Å². The number of para-hydroxylation sites is 1. The van der Waals surface area contributed by atoms with Gasteiger partial charge in [0.05, 0.1) is 13.7 Å². The van der Waals surface area contributed by atoms with Crippen LogP contribution in [0.5, 0.6) is 11.5 Å². The molecular formula is C22H20N2O3. The number of ether oxygens (including phenoxy) is 2. The van der Waals surface area contributed by atoms with Crippen molar-refractivity contribution in [1.82, 2.24) is 10.3 Å². The van der Waals surface area contributed by atoms with Gasteiger partial charge in [-0.05, 0) is 29.8 Å². The van der Waals surface area contributed by atoms with Crippen molar-refractivity contribution in [3.63, 3.8) is 0 Å². The molecule has 0 aliphatic carbocycles. The Labute approximate surface area is 158 Å². The highest BCUT2D eigenvalue weighted by molar-refractivity contribution is 5.94. The number of benzene rings is 2. The Bertz CT molecular complexity index is 957. The van der Waals surface area contributed by atoms with E-state index >= 15 is 0 Å².